The number of amides is 1. The van der Waals surface area contributed by atoms with Gasteiger partial charge >= 0.3 is 0 Å². The predicted molar refractivity (Wildman–Crippen MR) is 110 cm³/mol. The van der Waals surface area contributed by atoms with Crippen molar-refractivity contribution in [2.75, 3.05) is 45.2 Å². The number of benzene rings is 2. The normalized spacial score (nSPS) is 14.9. The summed E-state index contributed by atoms with van der Waals surface area (Å²) < 4.78 is 5.53. The molecule has 0 atom stereocenters. The highest BCUT2D eigenvalue weighted by atomic mass is 35.5. The SMILES string of the molecule is COc1ccc(CNC(=O)c2ccc(Cl)c(Cl)c2)cc1N1CCN(C)CC1. The first-order valence-electron chi connectivity index (χ1n) is 8.81. The molecule has 1 aliphatic heterocycles. The fourth-order valence-corrected chi connectivity index (χ4v) is 3.36. The molecule has 7 heteroatoms. The van der Waals surface area contributed by atoms with E-state index in [4.69, 9.17) is 27.9 Å². The van der Waals surface area contributed by atoms with Gasteiger partial charge in [0.2, 0.25) is 0 Å². The summed E-state index contributed by atoms with van der Waals surface area (Å²) >= 11 is 11.9. The van der Waals surface area contributed by atoms with E-state index in [1.807, 2.05) is 12.1 Å². The average molecular weight is 408 g/mol. The summed E-state index contributed by atoms with van der Waals surface area (Å²) in [7, 11) is 3.81. The van der Waals surface area contributed by atoms with Crippen molar-refractivity contribution in [3.63, 3.8) is 0 Å². The number of methoxy groups -OCH3 is 1. The highest BCUT2D eigenvalue weighted by Gasteiger charge is 2.18. The molecule has 0 bridgehead atoms. The van der Waals surface area contributed by atoms with E-state index in [1.54, 1.807) is 25.3 Å². The lowest BCUT2D eigenvalue weighted by molar-refractivity contribution is 0.0951. The molecular weight excluding hydrogens is 385 g/mol. The monoisotopic (exact) mass is 407 g/mol. The zero-order valence-corrected chi connectivity index (χ0v) is 17.0. The summed E-state index contributed by atoms with van der Waals surface area (Å²) in [4.78, 5) is 17.0. The third-order valence-corrected chi connectivity index (χ3v) is 5.46. The third-order valence-electron chi connectivity index (χ3n) is 4.72. The van der Waals surface area contributed by atoms with Crippen molar-refractivity contribution in [2.45, 2.75) is 6.54 Å². The molecular formula is C20H23Cl2N3O2. The summed E-state index contributed by atoms with van der Waals surface area (Å²) in [6.07, 6.45) is 0. The number of rotatable bonds is 5. The Hall–Kier alpha value is -1.95. The predicted octanol–water partition coefficient (Wildman–Crippen LogP) is 3.68. The van der Waals surface area contributed by atoms with Crippen LogP contribution in [0.25, 0.3) is 0 Å². The van der Waals surface area contributed by atoms with Crippen LogP contribution in [0.5, 0.6) is 5.75 Å². The van der Waals surface area contributed by atoms with Gasteiger partial charge in [-0.25, -0.2) is 0 Å². The summed E-state index contributed by atoms with van der Waals surface area (Å²) in [6.45, 7) is 4.35. The minimum Gasteiger partial charge on any atom is -0.495 e. The number of anilines is 1. The molecule has 2 aromatic carbocycles. The Morgan fingerprint density at radius 3 is 2.48 bits per heavy atom. The Balaban J connectivity index is 1.70. The van der Waals surface area contributed by atoms with Gasteiger partial charge in [0.15, 0.2) is 0 Å². The maximum atomic E-state index is 12.4. The van der Waals surface area contributed by atoms with E-state index < -0.39 is 0 Å². The first-order chi connectivity index (χ1) is 13.0. The largest absolute Gasteiger partial charge is 0.495 e. The smallest absolute Gasteiger partial charge is 0.251 e. The second-order valence-electron chi connectivity index (χ2n) is 6.61. The molecule has 3 rings (SSSR count). The fraction of sp³-hybridized carbons (Fsp3) is 0.350. The van der Waals surface area contributed by atoms with E-state index in [0.717, 1.165) is 43.2 Å². The van der Waals surface area contributed by atoms with Crippen molar-refractivity contribution in [1.82, 2.24) is 10.2 Å². The van der Waals surface area contributed by atoms with Crippen LogP contribution in [0.2, 0.25) is 10.0 Å². The summed E-state index contributed by atoms with van der Waals surface area (Å²) in [5, 5.41) is 3.73. The Bertz CT molecular complexity index is 821. The van der Waals surface area contributed by atoms with Gasteiger partial charge in [-0.2, -0.15) is 0 Å². The van der Waals surface area contributed by atoms with Crippen LogP contribution in [-0.2, 0) is 6.54 Å². The molecule has 0 aromatic heterocycles. The van der Waals surface area contributed by atoms with Crippen LogP contribution in [0, 0.1) is 0 Å². The molecule has 2 aromatic rings. The van der Waals surface area contributed by atoms with E-state index in [9.17, 15) is 4.79 Å². The molecule has 0 saturated carbocycles. The van der Waals surface area contributed by atoms with Gasteiger partial charge in [-0.05, 0) is 42.9 Å². The molecule has 0 unspecified atom stereocenters. The number of hydrogen-bond donors (Lipinski definition) is 1. The van der Waals surface area contributed by atoms with Crippen LogP contribution >= 0.6 is 23.2 Å². The van der Waals surface area contributed by atoms with Crippen molar-refractivity contribution in [2.24, 2.45) is 0 Å². The van der Waals surface area contributed by atoms with Gasteiger partial charge in [-0.3, -0.25) is 4.79 Å². The van der Waals surface area contributed by atoms with Crippen molar-refractivity contribution in [1.29, 1.82) is 0 Å². The second kappa shape index (κ2) is 8.83. The number of nitrogens with one attached hydrogen (secondary N) is 1. The zero-order valence-electron chi connectivity index (χ0n) is 15.5. The van der Waals surface area contributed by atoms with Crippen molar-refractivity contribution < 1.29 is 9.53 Å². The molecule has 0 spiro atoms. The van der Waals surface area contributed by atoms with Crippen LogP contribution in [0.15, 0.2) is 36.4 Å². The van der Waals surface area contributed by atoms with Crippen molar-refractivity contribution in [3.05, 3.63) is 57.6 Å². The highest BCUT2D eigenvalue weighted by Crippen LogP contribution is 2.30. The summed E-state index contributed by atoms with van der Waals surface area (Å²) in [5.41, 5.74) is 2.56. The van der Waals surface area contributed by atoms with E-state index in [1.165, 1.54) is 0 Å². The van der Waals surface area contributed by atoms with Gasteiger partial charge in [0.05, 0.1) is 22.8 Å². The molecule has 1 fully saturated rings. The van der Waals surface area contributed by atoms with Gasteiger partial charge in [0.25, 0.3) is 5.91 Å². The highest BCUT2D eigenvalue weighted by molar-refractivity contribution is 6.42. The molecule has 1 heterocycles. The van der Waals surface area contributed by atoms with Crippen LogP contribution < -0.4 is 15.0 Å². The van der Waals surface area contributed by atoms with E-state index in [0.29, 0.717) is 22.2 Å². The number of carbonyl (C=O) groups excluding carboxylic acids is 1. The minimum absolute atomic E-state index is 0.189. The Labute approximate surface area is 169 Å². The molecule has 144 valence electrons. The van der Waals surface area contributed by atoms with Crippen molar-refractivity contribution >= 4 is 34.8 Å². The number of nitrogens with zero attached hydrogens (tertiary/aromatic N) is 2. The van der Waals surface area contributed by atoms with Gasteiger partial charge in [-0.1, -0.05) is 29.3 Å². The summed E-state index contributed by atoms with van der Waals surface area (Å²) in [6, 6.07) is 10.9. The molecule has 5 nitrogen and oxygen atoms in total. The molecule has 0 radical (unpaired) electrons. The number of ether oxygens (including phenoxy) is 1. The quantitative estimate of drug-likeness (QED) is 0.820. The molecule has 27 heavy (non-hydrogen) atoms. The van der Waals surface area contributed by atoms with Crippen molar-refractivity contribution in [3.8, 4) is 5.75 Å². The first kappa shape index (κ1) is 19.8. The molecule has 1 saturated heterocycles. The zero-order chi connectivity index (χ0) is 19.4. The molecule has 1 N–H and O–H groups in total. The lowest BCUT2D eigenvalue weighted by Crippen LogP contribution is -2.44. The number of piperazine rings is 1. The minimum atomic E-state index is -0.189. The maximum absolute atomic E-state index is 12.4. The number of likely N-dealkylation sites (N-methyl/N-ethyl adjacent to an activating group) is 1. The van der Waals surface area contributed by atoms with Gasteiger partial charge in [-0.15, -0.1) is 0 Å². The van der Waals surface area contributed by atoms with Crippen LogP contribution in [0.4, 0.5) is 5.69 Å². The lowest BCUT2D eigenvalue weighted by Gasteiger charge is -2.35. The number of carbonyl (C=O) groups is 1. The van der Waals surface area contributed by atoms with E-state index in [2.05, 4.69) is 28.2 Å². The van der Waals surface area contributed by atoms with Gasteiger partial charge < -0.3 is 19.9 Å². The maximum Gasteiger partial charge on any atom is 0.251 e. The number of halogens is 2. The Morgan fingerprint density at radius 2 is 1.81 bits per heavy atom. The Morgan fingerprint density at radius 1 is 1.07 bits per heavy atom. The standard InChI is InChI=1S/C20H23Cl2N3O2/c1-24-7-9-25(10-8-24)18-11-14(3-6-19(18)27-2)13-23-20(26)15-4-5-16(21)17(22)12-15/h3-6,11-12H,7-10,13H2,1-2H3,(H,23,26). The van der Waals surface area contributed by atoms with E-state index >= 15 is 0 Å². The molecule has 1 amide bonds. The summed E-state index contributed by atoms with van der Waals surface area (Å²) in [5.74, 6) is 0.657. The second-order valence-corrected chi connectivity index (χ2v) is 7.42. The van der Waals surface area contributed by atoms with Crippen LogP contribution in [0.3, 0.4) is 0 Å². The molecule has 1 aliphatic rings. The van der Waals surface area contributed by atoms with Crippen LogP contribution in [0.1, 0.15) is 15.9 Å². The fourth-order valence-electron chi connectivity index (χ4n) is 3.06. The van der Waals surface area contributed by atoms with E-state index in [-0.39, 0.29) is 5.91 Å². The Kier molecular flexibility index (Phi) is 6.47. The van der Waals surface area contributed by atoms with Gasteiger partial charge in [0, 0.05) is 38.3 Å². The topological polar surface area (TPSA) is 44.8 Å². The number of hydrogen-bond acceptors (Lipinski definition) is 4. The van der Waals surface area contributed by atoms with Crippen LogP contribution in [-0.4, -0.2) is 51.1 Å². The first-order valence-corrected chi connectivity index (χ1v) is 9.57. The average Bonchev–Trinajstić information content (AvgIpc) is 2.68. The molecule has 0 aliphatic carbocycles. The third kappa shape index (κ3) is 4.86. The van der Waals surface area contributed by atoms with Gasteiger partial charge in [0.1, 0.15) is 5.75 Å². The lowest BCUT2D eigenvalue weighted by atomic mass is 10.1.